The summed E-state index contributed by atoms with van der Waals surface area (Å²) >= 11 is 0. The summed E-state index contributed by atoms with van der Waals surface area (Å²) in [4.78, 5) is 15.4. The average Bonchev–Trinajstić information content (AvgIpc) is 2.54. The first-order valence-electron chi connectivity index (χ1n) is 9.35. The minimum Gasteiger partial charge on any atom is -0.493 e. The van der Waals surface area contributed by atoms with Crippen LogP contribution in [0.5, 0.6) is 5.75 Å². The SMILES string of the molecule is CN1CCN(CC(C)(C)CC(C)(C)COc2cccc([N+](=O)[O-])c2)CC1. The van der Waals surface area contributed by atoms with Crippen molar-refractivity contribution in [3.8, 4) is 5.75 Å². The summed E-state index contributed by atoms with van der Waals surface area (Å²) in [6, 6.07) is 6.42. The van der Waals surface area contributed by atoms with E-state index in [0.717, 1.165) is 39.1 Å². The molecule has 0 unspecified atom stereocenters. The van der Waals surface area contributed by atoms with Crippen molar-refractivity contribution in [3.05, 3.63) is 34.4 Å². The second-order valence-electron chi connectivity index (χ2n) is 9.13. The molecule has 0 aromatic heterocycles. The number of ether oxygens (including phenoxy) is 1. The van der Waals surface area contributed by atoms with Gasteiger partial charge in [-0.25, -0.2) is 0 Å². The van der Waals surface area contributed by atoms with Crippen molar-refractivity contribution >= 4 is 5.69 Å². The first kappa shape index (κ1) is 20.6. The fourth-order valence-electron chi connectivity index (χ4n) is 3.98. The second-order valence-corrected chi connectivity index (χ2v) is 9.13. The molecule has 1 fully saturated rings. The molecule has 0 aliphatic carbocycles. The lowest BCUT2D eigenvalue weighted by Crippen LogP contribution is -2.48. The van der Waals surface area contributed by atoms with E-state index in [9.17, 15) is 10.1 Å². The van der Waals surface area contributed by atoms with E-state index in [-0.39, 0.29) is 16.5 Å². The monoisotopic (exact) mass is 363 g/mol. The third-order valence-electron chi connectivity index (χ3n) is 4.86. The normalized spacial score (nSPS) is 17.3. The predicted octanol–water partition coefficient (Wildman–Crippen LogP) is 3.66. The van der Waals surface area contributed by atoms with Gasteiger partial charge in [-0.2, -0.15) is 0 Å². The van der Waals surface area contributed by atoms with Crippen LogP contribution in [0.3, 0.4) is 0 Å². The Morgan fingerprint density at radius 1 is 1.12 bits per heavy atom. The zero-order valence-electron chi connectivity index (χ0n) is 16.8. The van der Waals surface area contributed by atoms with Crippen LogP contribution in [0.1, 0.15) is 34.1 Å². The summed E-state index contributed by atoms with van der Waals surface area (Å²) in [5.41, 5.74) is 0.238. The highest BCUT2D eigenvalue weighted by Crippen LogP contribution is 2.35. The van der Waals surface area contributed by atoms with Crippen LogP contribution >= 0.6 is 0 Å². The minimum absolute atomic E-state index is 0.0132. The van der Waals surface area contributed by atoms with E-state index >= 15 is 0 Å². The van der Waals surface area contributed by atoms with Gasteiger partial charge in [-0.3, -0.25) is 10.1 Å². The molecule has 1 aliphatic rings. The van der Waals surface area contributed by atoms with Gasteiger partial charge in [-0.1, -0.05) is 33.8 Å². The van der Waals surface area contributed by atoms with E-state index in [1.165, 1.54) is 12.1 Å². The highest BCUT2D eigenvalue weighted by atomic mass is 16.6. The lowest BCUT2D eigenvalue weighted by Gasteiger charge is -2.41. The van der Waals surface area contributed by atoms with Crippen LogP contribution in [0.15, 0.2) is 24.3 Å². The molecule has 6 heteroatoms. The van der Waals surface area contributed by atoms with Gasteiger partial charge in [-0.05, 0) is 30.4 Å². The summed E-state index contributed by atoms with van der Waals surface area (Å²) in [6.07, 6.45) is 1.03. The van der Waals surface area contributed by atoms with E-state index < -0.39 is 4.92 Å². The zero-order valence-corrected chi connectivity index (χ0v) is 16.8. The fraction of sp³-hybridized carbons (Fsp3) is 0.700. The van der Waals surface area contributed by atoms with Crippen molar-refractivity contribution in [1.82, 2.24) is 9.80 Å². The van der Waals surface area contributed by atoms with Crippen LogP contribution in [0, 0.1) is 20.9 Å². The van der Waals surface area contributed by atoms with Crippen molar-refractivity contribution < 1.29 is 9.66 Å². The van der Waals surface area contributed by atoms with E-state index in [1.807, 2.05) is 0 Å². The zero-order chi connectivity index (χ0) is 19.4. The number of hydrogen-bond donors (Lipinski definition) is 0. The van der Waals surface area contributed by atoms with Gasteiger partial charge >= 0.3 is 0 Å². The molecule has 0 bridgehead atoms. The van der Waals surface area contributed by atoms with Crippen LogP contribution in [0.4, 0.5) is 5.69 Å². The summed E-state index contributed by atoms with van der Waals surface area (Å²) in [5, 5.41) is 10.9. The Kier molecular flexibility index (Phi) is 6.64. The number of non-ortho nitro benzene ring substituents is 1. The van der Waals surface area contributed by atoms with E-state index in [1.54, 1.807) is 12.1 Å². The van der Waals surface area contributed by atoms with Gasteiger partial charge in [0.05, 0.1) is 17.6 Å². The average molecular weight is 364 g/mol. The van der Waals surface area contributed by atoms with Crippen LogP contribution in [0.25, 0.3) is 0 Å². The van der Waals surface area contributed by atoms with E-state index in [0.29, 0.717) is 12.4 Å². The Labute approximate surface area is 157 Å². The lowest BCUT2D eigenvalue weighted by atomic mass is 9.75. The quantitative estimate of drug-likeness (QED) is 0.521. The van der Waals surface area contributed by atoms with Crippen molar-refractivity contribution in [2.45, 2.75) is 34.1 Å². The Morgan fingerprint density at radius 2 is 1.77 bits per heavy atom. The molecule has 0 N–H and O–H groups in total. The van der Waals surface area contributed by atoms with Crippen molar-refractivity contribution in [3.63, 3.8) is 0 Å². The first-order chi connectivity index (χ1) is 12.1. The molecule has 1 aliphatic heterocycles. The number of piperazine rings is 1. The number of nitro benzene ring substituents is 1. The number of rotatable bonds is 8. The molecule has 146 valence electrons. The van der Waals surface area contributed by atoms with Gasteiger partial charge in [0.2, 0.25) is 0 Å². The van der Waals surface area contributed by atoms with Gasteiger partial charge in [0.1, 0.15) is 5.75 Å². The lowest BCUT2D eigenvalue weighted by molar-refractivity contribution is -0.384. The molecular formula is C20H33N3O3. The molecule has 2 rings (SSSR count). The van der Waals surface area contributed by atoms with Gasteiger partial charge in [-0.15, -0.1) is 0 Å². The van der Waals surface area contributed by atoms with Gasteiger partial charge in [0, 0.05) is 38.8 Å². The number of nitro groups is 1. The highest BCUT2D eigenvalue weighted by Gasteiger charge is 2.32. The van der Waals surface area contributed by atoms with Crippen LogP contribution in [-0.2, 0) is 0 Å². The minimum atomic E-state index is -0.392. The van der Waals surface area contributed by atoms with Crippen molar-refractivity contribution in [1.29, 1.82) is 0 Å². The number of benzene rings is 1. The maximum Gasteiger partial charge on any atom is 0.273 e. The Morgan fingerprint density at radius 3 is 2.38 bits per heavy atom. The standard InChI is InChI=1S/C20H33N3O3/c1-19(2,15-22-11-9-21(5)10-12-22)14-20(3,4)16-26-18-8-6-7-17(13-18)23(24)25/h6-8,13H,9-12,14-16H2,1-5H3. The third-order valence-corrected chi connectivity index (χ3v) is 4.86. The van der Waals surface area contributed by atoms with Crippen LogP contribution in [0.2, 0.25) is 0 Å². The molecule has 26 heavy (non-hydrogen) atoms. The first-order valence-corrected chi connectivity index (χ1v) is 9.35. The molecule has 0 atom stereocenters. The maximum absolute atomic E-state index is 10.9. The third kappa shape index (κ3) is 6.57. The number of likely N-dealkylation sites (N-methyl/N-ethyl adjacent to an activating group) is 1. The summed E-state index contributed by atoms with van der Waals surface area (Å²) < 4.78 is 5.89. The van der Waals surface area contributed by atoms with Gasteiger partial charge in [0.15, 0.2) is 0 Å². The molecule has 0 radical (unpaired) electrons. The van der Waals surface area contributed by atoms with E-state index in [2.05, 4.69) is 44.5 Å². The molecule has 1 aromatic rings. The Balaban J connectivity index is 1.88. The second kappa shape index (κ2) is 8.35. The summed E-state index contributed by atoms with van der Waals surface area (Å²) in [5.74, 6) is 0.559. The predicted molar refractivity (Wildman–Crippen MR) is 105 cm³/mol. The Hall–Kier alpha value is -1.66. The topological polar surface area (TPSA) is 58.8 Å². The molecule has 0 spiro atoms. The highest BCUT2D eigenvalue weighted by molar-refractivity contribution is 5.37. The molecule has 1 heterocycles. The van der Waals surface area contributed by atoms with Crippen molar-refractivity contribution in [2.75, 3.05) is 46.4 Å². The molecule has 1 saturated heterocycles. The summed E-state index contributed by atoms with van der Waals surface area (Å²) in [6.45, 7) is 15.2. The summed E-state index contributed by atoms with van der Waals surface area (Å²) in [7, 11) is 2.18. The molecular weight excluding hydrogens is 330 g/mol. The molecule has 1 aromatic carbocycles. The molecule has 6 nitrogen and oxygen atoms in total. The largest absolute Gasteiger partial charge is 0.493 e. The van der Waals surface area contributed by atoms with Crippen molar-refractivity contribution in [2.24, 2.45) is 10.8 Å². The van der Waals surface area contributed by atoms with E-state index in [4.69, 9.17) is 4.74 Å². The van der Waals surface area contributed by atoms with Gasteiger partial charge < -0.3 is 14.5 Å². The number of nitrogens with zero attached hydrogens (tertiary/aromatic N) is 3. The number of hydrogen-bond acceptors (Lipinski definition) is 5. The molecule has 0 saturated carbocycles. The smallest absolute Gasteiger partial charge is 0.273 e. The maximum atomic E-state index is 10.9. The van der Waals surface area contributed by atoms with Crippen LogP contribution < -0.4 is 4.74 Å². The Bertz CT molecular complexity index is 608. The van der Waals surface area contributed by atoms with Crippen LogP contribution in [-0.4, -0.2) is 61.1 Å². The molecule has 0 amide bonds. The fourth-order valence-corrected chi connectivity index (χ4v) is 3.98. The van der Waals surface area contributed by atoms with Gasteiger partial charge in [0.25, 0.3) is 5.69 Å².